The van der Waals surface area contributed by atoms with Crippen LogP contribution in [0.15, 0.2) is 12.7 Å². The second-order valence-corrected chi connectivity index (χ2v) is 3.41. The molecular weight excluding hydrogens is 154 g/mol. The second kappa shape index (κ2) is 3.72. The summed E-state index contributed by atoms with van der Waals surface area (Å²) in [5, 5.41) is 2.86. The molecule has 3 heteroatoms. The van der Waals surface area contributed by atoms with Crippen molar-refractivity contribution in [1.29, 1.82) is 0 Å². The average Bonchev–Trinajstić information content (AvgIpc) is 2.05. The predicted octanol–water partition coefficient (Wildman–Crippen LogP) is 0.858. The molecule has 0 saturated carbocycles. The van der Waals surface area contributed by atoms with Crippen LogP contribution in [-0.4, -0.2) is 24.7 Å². The summed E-state index contributed by atoms with van der Waals surface area (Å²) in [6.45, 7) is 6.81. The number of ether oxygens (including phenoxy) is 1. The van der Waals surface area contributed by atoms with Gasteiger partial charge in [-0.15, -0.1) is 0 Å². The molecule has 1 fully saturated rings. The minimum atomic E-state index is -0.191. The molecule has 1 aliphatic heterocycles. The van der Waals surface area contributed by atoms with Crippen LogP contribution in [0.3, 0.4) is 0 Å². The van der Waals surface area contributed by atoms with E-state index in [0.29, 0.717) is 6.61 Å². The molecule has 1 saturated heterocycles. The second-order valence-electron chi connectivity index (χ2n) is 3.41. The Hall–Kier alpha value is -0.830. The quantitative estimate of drug-likeness (QED) is 0.622. The van der Waals surface area contributed by atoms with Gasteiger partial charge in [-0.05, 0) is 25.8 Å². The molecule has 0 spiro atoms. The fourth-order valence-corrected chi connectivity index (χ4v) is 1.38. The van der Waals surface area contributed by atoms with Gasteiger partial charge in [0.25, 0.3) is 0 Å². The van der Waals surface area contributed by atoms with Crippen LogP contribution in [0.4, 0.5) is 0 Å². The third kappa shape index (κ3) is 2.34. The highest BCUT2D eigenvalue weighted by atomic mass is 16.5. The largest absolute Gasteiger partial charge is 0.379 e. The summed E-state index contributed by atoms with van der Waals surface area (Å²) in [4.78, 5) is 11.0. The van der Waals surface area contributed by atoms with Gasteiger partial charge >= 0.3 is 0 Å². The number of carbonyl (C=O) groups excluding carboxylic acids is 1. The topological polar surface area (TPSA) is 38.3 Å². The molecule has 1 rings (SSSR count). The lowest BCUT2D eigenvalue weighted by atomic mass is 9.95. The van der Waals surface area contributed by atoms with Crippen molar-refractivity contribution >= 4 is 5.91 Å². The van der Waals surface area contributed by atoms with E-state index in [9.17, 15) is 4.79 Å². The first kappa shape index (κ1) is 9.26. The average molecular weight is 169 g/mol. The van der Waals surface area contributed by atoms with Crippen LogP contribution < -0.4 is 5.32 Å². The highest BCUT2D eigenvalue weighted by Crippen LogP contribution is 2.17. The van der Waals surface area contributed by atoms with Gasteiger partial charge < -0.3 is 10.1 Å². The summed E-state index contributed by atoms with van der Waals surface area (Å²) in [5.74, 6) is -0.122. The number of amides is 1. The number of carbonyl (C=O) groups is 1. The summed E-state index contributed by atoms with van der Waals surface area (Å²) in [6, 6.07) is 0. The Bertz CT molecular complexity index is 183. The summed E-state index contributed by atoms with van der Waals surface area (Å²) < 4.78 is 5.28. The van der Waals surface area contributed by atoms with Crippen LogP contribution in [0.2, 0.25) is 0 Å². The molecule has 0 bridgehead atoms. The zero-order valence-electron chi connectivity index (χ0n) is 7.43. The zero-order chi connectivity index (χ0) is 9.03. The molecule has 12 heavy (non-hydrogen) atoms. The molecule has 0 aromatic heterocycles. The van der Waals surface area contributed by atoms with Crippen LogP contribution >= 0.6 is 0 Å². The molecule has 0 aromatic rings. The van der Waals surface area contributed by atoms with Crippen LogP contribution in [0.5, 0.6) is 0 Å². The number of nitrogens with one attached hydrogen (secondary N) is 1. The summed E-state index contributed by atoms with van der Waals surface area (Å²) in [7, 11) is 0. The highest BCUT2D eigenvalue weighted by molar-refractivity contribution is 5.87. The normalized spacial score (nSPS) is 29.4. The first-order chi connectivity index (χ1) is 5.66. The third-order valence-electron chi connectivity index (χ3n) is 2.05. The fraction of sp³-hybridized carbons (Fsp3) is 0.667. The number of hydrogen-bond acceptors (Lipinski definition) is 2. The van der Waals surface area contributed by atoms with Gasteiger partial charge in [0.15, 0.2) is 0 Å². The third-order valence-corrected chi connectivity index (χ3v) is 2.05. The zero-order valence-corrected chi connectivity index (χ0v) is 7.43. The molecule has 1 N–H and O–H groups in total. The first-order valence-electron chi connectivity index (χ1n) is 4.19. The Morgan fingerprint density at radius 3 is 3.00 bits per heavy atom. The standard InChI is InChI=1S/C9H15NO2/c1-3-8(11)10-9(2)5-4-6-12-7-9/h3H,1,4-7H2,2H3,(H,10,11). The van der Waals surface area contributed by atoms with Gasteiger partial charge in [-0.2, -0.15) is 0 Å². The van der Waals surface area contributed by atoms with Crippen LogP contribution in [-0.2, 0) is 9.53 Å². The van der Waals surface area contributed by atoms with E-state index < -0.39 is 0 Å². The molecule has 68 valence electrons. The molecular formula is C9H15NO2. The smallest absolute Gasteiger partial charge is 0.243 e. The van der Waals surface area contributed by atoms with Crippen molar-refractivity contribution in [2.45, 2.75) is 25.3 Å². The molecule has 1 amide bonds. The Kier molecular flexibility index (Phi) is 2.87. The van der Waals surface area contributed by atoms with E-state index in [-0.39, 0.29) is 11.4 Å². The fourth-order valence-electron chi connectivity index (χ4n) is 1.38. The molecule has 0 aliphatic carbocycles. The van der Waals surface area contributed by atoms with Gasteiger partial charge in [0, 0.05) is 6.61 Å². The molecule has 1 unspecified atom stereocenters. The van der Waals surface area contributed by atoms with Crippen LogP contribution in [0, 0.1) is 0 Å². The summed E-state index contributed by atoms with van der Waals surface area (Å²) in [5.41, 5.74) is -0.191. The number of rotatable bonds is 2. The van der Waals surface area contributed by atoms with E-state index in [1.165, 1.54) is 6.08 Å². The highest BCUT2D eigenvalue weighted by Gasteiger charge is 2.28. The van der Waals surface area contributed by atoms with E-state index in [4.69, 9.17) is 4.74 Å². The lowest BCUT2D eigenvalue weighted by molar-refractivity contribution is -0.119. The van der Waals surface area contributed by atoms with Crippen molar-refractivity contribution < 1.29 is 9.53 Å². The van der Waals surface area contributed by atoms with Gasteiger partial charge in [0.05, 0.1) is 12.1 Å². The van der Waals surface area contributed by atoms with E-state index >= 15 is 0 Å². The van der Waals surface area contributed by atoms with E-state index in [1.807, 2.05) is 6.92 Å². The van der Waals surface area contributed by atoms with E-state index in [0.717, 1.165) is 19.4 Å². The maximum atomic E-state index is 11.0. The van der Waals surface area contributed by atoms with Crippen molar-refractivity contribution in [3.05, 3.63) is 12.7 Å². The van der Waals surface area contributed by atoms with Gasteiger partial charge in [-0.3, -0.25) is 4.79 Å². The van der Waals surface area contributed by atoms with Crippen molar-refractivity contribution in [3.8, 4) is 0 Å². The maximum absolute atomic E-state index is 11.0. The van der Waals surface area contributed by atoms with Gasteiger partial charge in [-0.1, -0.05) is 6.58 Å². The Morgan fingerprint density at radius 1 is 1.75 bits per heavy atom. The monoisotopic (exact) mass is 169 g/mol. The SMILES string of the molecule is C=CC(=O)NC1(C)CCCOC1. The van der Waals surface area contributed by atoms with E-state index in [1.54, 1.807) is 0 Å². The molecule has 1 heterocycles. The Labute approximate surface area is 72.8 Å². The van der Waals surface area contributed by atoms with E-state index in [2.05, 4.69) is 11.9 Å². The van der Waals surface area contributed by atoms with Crippen LogP contribution in [0.1, 0.15) is 19.8 Å². The molecule has 3 nitrogen and oxygen atoms in total. The maximum Gasteiger partial charge on any atom is 0.243 e. The van der Waals surface area contributed by atoms with Crippen LogP contribution in [0.25, 0.3) is 0 Å². The number of hydrogen-bond donors (Lipinski definition) is 1. The molecule has 0 aromatic carbocycles. The van der Waals surface area contributed by atoms with Gasteiger partial charge in [-0.25, -0.2) is 0 Å². The van der Waals surface area contributed by atoms with Crippen molar-refractivity contribution in [2.75, 3.05) is 13.2 Å². The lowest BCUT2D eigenvalue weighted by Crippen LogP contribution is -2.51. The predicted molar refractivity (Wildman–Crippen MR) is 46.8 cm³/mol. The van der Waals surface area contributed by atoms with Gasteiger partial charge in [0.1, 0.15) is 0 Å². The first-order valence-corrected chi connectivity index (χ1v) is 4.19. The molecule has 0 radical (unpaired) electrons. The van der Waals surface area contributed by atoms with Crippen molar-refractivity contribution in [1.82, 2.24) is 5.32 Å². The summed E-state index contributed by atoms with van der Waals surface area (Å²) in [6.07, 6.45) is 3.28. The molecule has 1 atom stereocenters. The minimum absolute atomic E-state index is 0.122. The Morgan fingerprint density at radius 2 is 2.50 bits per heavy atom. The lowest BCUT2D eigenvalue weighted by Gasteiger charge is -2.33. The van der Waals surface area contributed by atoms with Gasteiger partial charge in [0.2, 0.25) is 5.91 Å². The minimum Gasteiger partial charge on any atom is -0.379 e. The summed E-state index contributed by atoms with van der Waals surface area (Å²) >= 11 is 0. The van der Waals surface area contributed by atoms with Crippen molar-refractivity contribution in [3.63, 3.8) is 0 Å². The Balaban J connectivity index is 2.46. The molecule has 1 aliphatic rings. The van der Waals surface area contributed by atoms with Crippen molar-refractivity contribution in [2.24, 2.45) is 0 Å².